The third kappa shape index (κ3) is 0.956. The van der Waals surface area contributed by atoms with Gasteiger partial charge >= 0.3 is 0 Å². The van der Waals surface area contributed by atoms with Gasteiger partial charge in [0, 0.05) is 6.08 Å². The highest BCUT2D eigenvalue weighted by atomic mass is 35.5. The molecule has 0 spiro atoms. The minimum absolute atomic E-state index is 0.0648. The maximum atomic E-state index is 10.4. The summed E-state index contributed by atoms with van der Waals surface area (Å²) in [5.41, 5.74) is -0.900. The third-order valence-corrected chi connectivity index (χ3v) is 1.20. The Labute approximate surface area is 56.0 Å². The molecule has 0 radical (unpaired) electrons. The first-order chi connectivity index (χ1) is 3.70. The van der Waals surface area contributed by atoms with Gasteiger partial charge in [-0.2, -0.15) is 0 Å². The Hall–Kier alpha value is -0.210. The van der Waals surface area contributed by atoms with Crippen LogP contribution in [0.25, 0.3) is 0 Å². The number of hydrogen-bond donors (Lipinski definition) is 0. The second-order valence-electron chi connectivity index (χ2n) is 1.28. The van der Waals surface area contributed by atoms with E-state index in [-0.39, 0.29) is 11.0 Å². The molecule has 0 bridgehead atoms. The summed E-state index contributed by atoms with van der Waals surface area (Å²) in [6.07, 6.45) is 1.15. The summed E-state index contributed by atoms with van der Waals surface area (Å²) in [6.45, 7) is 0. The molecule has 0 amide bonds. The summed E-state index contributed by atoms with van der Waals surface area (Å²) in [6, 6.07) is 0. The zero-order valence-corrected chi connectivity index (χ0v) is 5.24. The summed E-state index contributed by atoms with van der Waals surface area (Å²) in [4.78, 5) is 10.4. The van der Waals surface area contributed by atoms with Gasteiger partial charge in [-0.1, -0.05) is 11.6 Å². The van der Waals surface area contributed by atoms with Crippen LogP contribution in [0.4, 0.5) is 0 Å². The van der Waals surface area contributed by atoms with Gasteiger partial charge in [0.25, 0.3) is 0 Å². The highest BCUT2D eigenvalue weighted by molar-refractivity contribution is 6.37. The SMILES string of the molecule is O=C1C=C(Cl)OC1Cl. The van der Waals surface area contributed by atoms with E-state index in [1.807, 2.05) is 0 Å². The van der Waals surface area contributed by atoms with E-state index >= 15 is 0 Å². The fourth-order valence-electron chi connectivity index (χ4n) is 0.368. The molecule has 1 heterocycles. The van der Waals surface area contributed by atoms with Crippen molar-refractivity contribution >= 4 is 29.0 Å². The number of rotatable bonds is 0. The van der Waals surface area contributed by atoms with Crippen molar-refractivity contribution in [1.82, 2.24) is 0 Å². The largest absolute Gasteiger partial charge is 0.456 e. The van der Waals surface area contributed by atoms with Crippen molar-refractivity contribution in [3.8, 4) is 0 Å². The van der Waals surface area contributed by atoms with Crippen LogP contribution in [0, 0.1) is 0 Å². The van der Waals surface area contributed by atoms with Crippen molar-refractivity contribution in [1.29, 1.82) is 0 Å². The monoisotopic (exact) mass is 152 g/mol. The van der Waals surface area contributed by atoms with Gasteiger partial charge in [0.2, 0.25) is 11.3 Å². The van der Waals surface area contributed by atoms with Gasteiger partial charge in [0.1, 0.15) is 0 Å². The van der Waals surface area contributed by atoms with Gasteiger partial charge in [-0.15, -0.1) is 0 Å². The van der Waals surface area contributed by atoms with E-state index in [2.05, 4.69) is 4.74 Å². The molecule has 1 rings (SSSR count). The topological polar surface area (TPSA) is 26.3 Å². The van der Waals surface area contributed by atoms with Crippen LogP contribution in [-0.4, -0.2) is 11.3 Å². The summed E-state index contributed by atoms with van der Waals surface area (Å²) in [5.74, 6) is -0.295. The molecule has 0 aromatic rings. The molecule has 0 N–H and O–H groups in total. The van der Waals surface area contributed by atoms with Crippen molar-refractivity contribution in [3.63, 3.8) is 0 Å². The minimum Gasteiger partial charge on any atom is -0.456 e. The maximum Gasteiger partial charge on any atom is 0.235 e. The van der Waals surface area contributed by atoms with Gasteiger partial charge in [-0.05, 0) is 11.6 Å². The first kappa shape index (κ1) is 5.92. The molecular formula is C4H2Cl2O2. The molecule has 0 saturated carbocycles. The number of carbonyl (C=O) groups is 1. The van der Waals surface area contributed by atoms with Crippen LogP contribution >= 0.6 is 23.2 Å². The fraction of sp³-hybridized carbons (Fsp3) is 0.250. The van der Waals surface area contributed by atoms with E-state index in [4.69, 9.17) is 23.2 Å². The Kier molecular flexibility index (Phi) is 1.45. The first-order valence-corrected chi connectivity index (χ1v) is 2.73. The van der Waals surface area contributed by atoms with E-state index in [0.717, 1.165) is 6.08 Å². The lowest BCUT2D eigenvalue weighted by Crippen LogP contribution is -2.05. The normalized spacial score (nSPS) is 27.5. The molecular weight excluding hydrogens is 151 g/mol. The molecule has 1 atom stereocenters. The van der Waals surface area contributed by atoms with Crippen LogP contribution in [-0.2, 0) is 9.53 Å². The predicted octanol–water partition coefficient (Wildman–Crippen LogP) is 1.23. The number of alkyl halides is 1. The number of carbonyl (C=O) groups excluding carboxylic acids is 1. The molecule has 0 aromatic carbocycles. The Bertz CT molecular complexity index is 152. The first-order valence-electron chi connectivity index (χ1n) is 1.92. The summed E-state index contributed by atoms with van der Waals surface area (Å²) in [7, 11) is 0. The number of hydrogen-bond acceptors (Lipinski definition) is 2. The maximum absolute atomic E-state index is 10.4. The van der Waals surface area contributed by atoms with Gasteiger partial charge in [0.15, 0.2) is 5.22 Å². The van der Waals surface area contributed by atoms with E-state index < -0.39 is 5.56 Å². The van der Waals surface area contributed by atoms with E-state index in [1.165, 1.54) is 0 Å². The summed E-state index contributed by atoms with van der Waals surface area (Å²) in [5, 5.41) is 0.0648. The van der Waals surface area contributed by atoms with E-state index in [9.17, 15) is 4.79 Å². The average Bonchev–Trinajstić information content (AvgIpc) is 1.85. The standard InChI is InChI=1S/C4H2Cl2O2/c5-3-1-2(7)4(6)8-3/h1,4H. The van der Waals surface area contributed by atoms with E-state index in [1.54, 1.807) is 0 Å². The number of ether oxygens (including phenoxy) is 1. The zero-order valence-electron chi connectivity index (χ0n) is 3.73. The quantitative estimate of drug-likeness (QED) is 0.489. The molecule has 2 nitrogen and oxygen atoms in total. The van der Waals surface area contributed by atoms with Crippen molar-refractivity contribution in [2.24, 2.45) is 0 Å². The van der Waals surface area contributed by atoms with Gasteiger partial charge in [0.05, 0.1) is 0 Å². The van der Waals surface area contributed by atoms with Crippen LogP contribution in [0.5, 0.6) is 0 Å². The fourth-order valence-corrected chi connectivity index (χ4v) is 0.770. The smallest absolute Gasteiger partial charge is 0.235 e. The van der Waals surface area contributed by atoms with Crippen LogP contribution in [0.2, 0.25) is 0 Å². The molecule has 4 heteroatoms. The Morgan fingerprint density at radius 3 is 2.50 bits per heavy atom. The van der Waals surface area contributed by atoms with Crippen molar-refractivity contribution in [2.75, 3.05) is 0 Å². The van der Waals surface area contributed by atoms with Crippen LogP contribution in [0.15, 0.2) is 11.3 Å². The highest BCUT2D eigenvalue weighted by Crippen LogP contribution is 2.18. The van der Waals surface area contributed by atoms with Gasteiger partial charge in [-0.3, -0.25) is 4.79 Å². The van der Waals surface area contributed by atoms with Crippen LogP contribution < -0.4 is 0 Å². The lowest BCUT2D eigenvalue weighted by Gasteiger charge is -1.96. The second-order valence-corrected chi connectivity index (χ2v) is 2.05. The Morgan fingerprint density at radius 2 is 2.38 bits per heavy atom. The molecule has 0 fully saturated rings. The second kappa shape index (κ2) is 1.96. The van der Waals surface area contributed by atoms with Gasteiger partial charge < -0.3 is 4.74 Å². The van der Waals surface area contributed by atoms with Crippen LogP contribution in [0.3, 0.4) is 0 Å². The molecule has 1 unspecified atom stereocenters. The molecule has 44 valence electrons. The Morgan fingerprint density at radius 1 is 1.75 bits per heavy atom. The molecule has 8 heavy (non-hydrogen) atoms. The van der Waals surface area contributed by atoms with Gasteiger partial charge in [-0.25, -0.2) is 0 Å². The number of ketones is 1. The van der Waals surface area contributed by atoms with Crippen molar-refractivity contribution in [2.45, 2.75) is 5.56 Å². The van der Waals surface area contributed by atoms with Crippen molar-refractivity contribution < 1.29 is 9.53 Å². The lowest BCUT2D eigenvalue weighted by atomic mass is 10.4. The van der Waals surface area contributed by atoms with Crippen LogP contribution in [0.1, 0.15) is 0 Å². The van der Waals surface area contributed by atoms with E-state index in [0.29, 0.717) is 0 Å². The zero-order chi connectivity index (χ0) is 6.15. The predicted molar refractivity (Wildman–Crippen MR) is 29.7 cm³/mol. The molecule has 1 aliphatic rings. The summed E-state index contributed by atoms with van der Waals surface area (Å²) >= 11 is 10.5. The molecule has 0 aromatic heterocycles. The number of halogens is 2. The molecule has 0 saturated heterocycles. The van der Waals surface area contributed by atoms with Crippen molar-refractivity contribution in [3.05, 3.63) is 11.3 Å². The third-order valence-electron chi connectivity index (χ3n) is 0.695. The minimum atomic E-state index is -0.900. The highest BCUT2D eigenvalue weighted by Gasteiger charge is 2.22. The average molecular weight is 153 g/mol. The summed E-state index contributed by atoms with van der Waals surface area (Å²) < 4.78 is 4.52. The lowest BCUT2D eigenvalue weighted by molar-refractivity contribution is -0.117. The molecule has 0 aliphatic carbocycles. The molecule has 1 aliphatic heterocycles. The Balaban J connectivity index is 2.70.